The maximum Gasteiger partial charge on any atom is 0.270 e. The van der Waals surface area contributed by atoms with Crippen LogP contribution in [0.25, 0.3) is 6.08 Å². The summed E-state index contributed by atoms with van der Waals surface area (Å²) in [6, 6.07) is 10.9. The number of benzene rings is 2. The van der Waals surface area contributed by atoms with E-state index < -0.39 is 14.9 Å². The first-order chi connectivity index (χ1) is 14.2. The number of non-ortho nitro benzene ring substituents is 1. The molecule has 0 spiro atoms. The Morgan fingerprint density at radius 2 is 1.93 bits per heavy atom. The molecule has 30 heavy (non-hydrogen) atoms. The second-order valence-corrected chi connectivity index (χ2v) is 10.4. The van der Waals surface area contributed by atoms with E-state index in [9.17, 15) is 18.5 Å². The highest BCUT2D eigenvalue weighted by Gasteiger charge is 2.26. The maximum absolute atomic E-state index is 13.0. The average Bonchev–Trinajstić information content (AvgIpc) is 2.71. The van der Waals surface area contributed by atoms with Gasteiger partial charge in [0.05, 0.1) is 28.9 Å². The SMILES string of the molecule is O=[N+]([O-])c1cccc(C=C(CS(=O)(=O)N2CCOCC2)Sc2cc(Cl)ccc2Cl)c1. The van der Waals surface area contributed by atoms with Gasteiger partial charge >= 0.3 is 0 Å². The van der Waals surface area contributed by atoms with Crippen LogP contribution >= 0.6 is 35.0 Å². The average molecular weight is 489 g/mol. The van der Waals surface area contributed by atoms with Crippen molar-refractivity contribution >= 4 is 56.8 Å². The highest BCUT2D eigenvalue weighted by atomic mass is 35.5. The van der Waals surface area contributed by atoms with Crippen molar-refractivity contribution in [2.75, 3.05) is 32.1 Å². The van der Waals surface area contributed by atoms with Crippen molar-refractivity contribution in [2.24, 2.45) is 0 Å². The van der Waals surface area contributed by atoms with Crippen molar-refractivity contribution < 1.29 is 18.1 Å². The molecule has 0 aromatic heterocycles. The van der Waals surface area contributed by atoms with Crippen molar-refractivity contribution in [2.45, 2.75) is 4.90 Å². The summed E-state index contributed by atoms with van der Waals surface area (Å²) in [4.78, 5) is 11.6. The molecule has 0 atom stereocenters. The van der Waals surface area contributed by atoms with Crippen LogP contribution in [0.15, 0.2) is 52.3 Å². The number of hydrogen-bond donors (Lipinski definition) is 0. The lowest BCUT2D eigenvalue weighted by Gasteiger charge is -2.26. The number of hydrogen-bond acceptors (Lipinski definition) is 6. The monoisotopic (exact) mass is 488 g/mol. The van der Waals surface area contributed by atoms with E-state index in [1.54, 1.807) is 36.4 Å². The van der Waals surface area contributed by atoms with Gasteiger partial charge in [0.1, 0.15) is 0 Å². The Balaban J connectivity index is 1.96. The van der Waals surface area contributed by atoms with Crippen molar-refractivity contribution in [1.82, 2.24) is 4.31 Å². The third-order valence-electron chi connectivity index (χ3n) is 4.23. The molecule has 1 heterocycles. The molecular weight excluding hydrogens is 471 g/mol. The summed E-state index contributed by atoms with van der Waals surface area (Å²) in [5.74, 6) is -0.275. The van der Waals surface area contributed by atoms with Crippen molar-refractivity contribution in [1.29, 1.82) is 0 Å². The Hall–Kier alpha value is -1.62. The van der Waals surface area contributed by atoms with Gasteiger partial charge in [-0.1, -0.05) is 47.1 Å². The number of sulfonamides is 1. The molecule has 0 amide bonds. The molecule has 0 aliphatic carbocycles. The fraction of sp³-hybridized carbons (Fsp3) is 0.263. The van der Waals surface area contributed by atoms with Crippen LogP contribution < -0.4 is 0 Å². The molecule has 11 heteroatoms. The van der Waals surface area contributed by atoms with Crippen LogP contribution in [0.1, 0.15) is 5.56 Å². The summed E-state index contributed by atoms with van der Waals surface area (Å²) in [5.41, 5.74) is 0.437. The van der Waals surface area contributed by atoms with Crippen LogP contribution in [0.5, 0.6) is 0 Å². The van der Waals surface area contributed by atoms with E-state index in [-0.39, 0.29) is 24.5 Å². The Labute approximate surface area is 188 Å². The third kappa shape index (κ3) is 6.19. The van der Waals surface area contributed by atoms with Gasteiger partial charge in [-0.15, -0.1) is 0 Å². The molecule has 0 unspecified atom stereocenters. The molecule has 1 saturated heterocycles. The fourth-order valence-corrected chi connectivity index (χ4v) is 6.12. The highest BCUT2D eigenvalue weighted by molar-refractivity contribution is 8.04. The molecule has 2 aromatic carbocycles. The van der Waals surface area contributed by atoms with E-state index in [1.807, 2.05) is 0 Å². The first kappa shape index (κ1) is 23.1. The second kappa shape index (κ2) is 10.1. The largest absolute Gasteiger partial charge is 0.379 e. The van der Waals surface area contributed by atoms with E-state index in [0.29, 0.717) is 38.6 Å². The molecule has 0 bridgehead atoms. The fourth-order valence-electron chi connectivity index (χ4n) is 2.81. The molecule has 0 saturated carbocycles. The van der Waals surface area contributed by atoms with Gasteiger partial charge in [0.2, 0.25) is 10.0 Å². The van der Waals surface area contributed by atoms with E-state index in [0.717, 1.165) is 0 Å². The summed E-state index contributed by atoms with van der Waals surface area (Å²) in [5, 5.41) is 12.0. The van der Waals surface area contributed by atoms with E-state index in [2.05, 4.69) is 0 Å². The minimum absolute atomic E-state index is 0.0788. The molecule has 2 aromatic rings. The number of ether oxygens (including phenoxy) is 1. The highest BCUT2D eigenvalue weighted by Crippen LogP contribution is 2.36. The number of halogens is 2. The predicted octanol–water partition coefficient (Wildman–Crippen LogP) is 4.70. The molecule has 1 aliphatic heterocycles. The summed E-state index contributed by atoms with van der Waals surface area (Å²) in [6.45, 7) is 1.26. The van der Waals surface area contributed by atoms with E-state index >= 15 is 0 Å². The van der Waals surface area contributed by atoms with Crippen molar-refractivity contribution in [3.8, 4) is 0 Å². The Bertz CT molecular complexity index is 1070. The smallest absolute Gasteiger partial charge is 0.270 e. The number of morpholine rings is 1. The summed E-state index contributed by atoms with van der Waals surface area (Å²) < 4.78 is 32.5. The van der Waals surface area contributed by atoms with Gasteiger partial charge < -0.3 is 4.74 Å². The lowest BCUT2D eigenvalue weighted by atomic mass is 10.2. The van der Waals surface area contributed by atoms with Crippen molar-refractivity contribution in [3.63, 3.8) is 0 Å². The molecule has 1 aliphatic rings. The van der Waals surface area contributed by atoms with Crippen LogP contribution in [0.3, 0.4) is 0 Å². The molecular formula is C19H18Cl2N2O5S2. The minimum atomic E-state index is -3.62. The second-order valence-electron chi connectivity index (χ2n) is 6.41. The normalized spacial score (nSPS) is 15.9. The van der Waals surface area contributed by atoms with Crippen LogP contribution in [-0.2, 0) is 14.8 Å². The Morgan fingerprint density at radius 1 is 1.20 bits per heavy atom. The summed E-state index contributed by atoms with van der Waals surface area (Å²) in [6.07, 6.45) is 1.62. The Kier molecular flexibility index (Phi) is 7.78. The molecule has 3 rings (SSSR count). The Morgan fingerprint density at radius 3 is 2.63 bits per heavy atom. The lowest BCUT2D eigenvalue weighted by molar-refractivity contribution is -0.384. The molecule has 0 radical (unpaired) electrons. The lowest BCUT2D eigenvalue weighted by Crippen LogP contribution is -2.41. The third-order valence-corrected chi connectivity index (χ3v) is 8.00. The number of nitrogens with zero attached hydrogens (tertiary/aromatic N) is 2. The van der Waals surface area contributed by atoms with Gasteiger partial charge in [-0.3, -0.25) is 10.1 Å². The predicted molar refractivity (Wildman–Crippen MR) is 120 cm³/mol. The van der Waals surface area contributed by atoms with Gasteiger partial charge in [-0.05, 0) is 29.8 Å². The van der Waals surface area contributed by atoms with Crippen LogP contribution in [0.2, 0.25) is 10.0 Å². The van der Waals surface area contributed by atoms with Crippen LogP contribution in [0.4, 0.5) is 5.69 Å². The number of nitro groups is 1. The summed E-state index contributed by atoms with van der Waals surface area (Å²) in [7, 11) is -3.62. The zero-order chi connectivity index (χ0) is 21.7. The van der Waals surface area contributed by atoms with Gasteiger partial charge in [0.25, 0.3) is 5.69 Å². The minimum Gasteiger partial charge on any atom is -0.379 e. The van der Waals surface area contributed by atoms with Gasteiger partial charge in [-0.25, -0.2) is 8.42 Å². The summed E-state index contributed by atoms with van der Waals surface area (Å²) >= 11 is 13.5. The zero-order valence-electron chi connectivity index (χ0n) is 15.7. The standard InChI is InChI=1S/C19H18Cl2N2O5S2/c20-15-4-5-18(21)19(12-15)29-17(11-14-2-1-3-16(10-14)23(24)25)13-30(26,27)22-6-8-28-9-7-22/h1-5,10-12H,6-9,13H2. The number of thioether (sulfide) groups is 1. The molecule has 1 fully saturated rings. The first-order valence-corrected chi connectivity index (χ1v) is 12.1. The zero-order valence-corrected chi connectivity index (χ0v) is 18.8. The van der Waals surface area contributed by atoms with Crippen LogP contribution in [0, 0.1) is 10.1 Å². The van der Waals surface area contributed by atoms with Crippen molar-refractivity contribution in [3.05, 3.63) is 73.1 Å². The maximum atomic E-state index is 13.0. The molecule has 160 valence electrons. The van der Waals surface area contributed by atoms with Gasteiger partial charge in [0.15, 0.2) is 0 Å². The van der Waals surface area contributed by atoms with Gasteiger partial charge in [0, 0.05) is 40.0 Å². The van der Waals surface area contributed by atoms with Crippen LogP contribution in [-0.4, -0.2) is 49.7 Å². The molecule has 7 nitrogen and oxygen atoms in total. The van der Waals surface area contributed by atoms with E-state index in [4.69, 9.17) is 27.9 Å². The first-order valence-electron chi connectivity index (χ1n) is 8.88. The molecule has 0 N–H and O–H groups in total. The van der Waals surface area contributed by atoms with Gasteiger partial charge in [-0.2, -0.15) is 4.31 Å². The topological polar surface area (TPSA) is 89.8 Å². The number of nitro benzene ring substituents is 1. The number of rotatable bonds is 7. The quantitative estimate of drug-likeness (QED) is 0.318. The van der Waals surface area contributed by atoms with E-state index in [1.165, 1.54) is 28.2 Å².